The average molecular weight is 465 g/mol. The number of nitrogens with zero attached hydrogens (tertiary/aromatic N) is 4. The Bertz CT molecular complexity index is 1230. The lowest BCUT2D eigenvalue weighted by molar-refractivity contribution is 0.0898. The first-order valence-electron chi connectivity index (χ1n) is 11.0. The van der Waals surface area contributed by atoms with Crippen LogP contribution >= 0.6 is 0 Å². The van der Waals surface area contributed by atoms with Gasteiger partial charge in [-0.15, -0.1) is 0 Å². The number of benzene rings is 1. The van der Waals surface area contributed by atoms with Crippen molar-refractivity contribution in [3.05, 3.63) is 53.3 Å². The van der Waals surface area contributed by atoms with Crippen molar-refractivity contribution in [3.8, 4) is 17.6 Å². The molecule has 1 N–H and O–H groups in total. The molecule has 0 bridgehead atoms. The van der Waals surface area contributed by atoms with E-state index in [-0.39, 0.29) is 0 Å². The van der Waals surface area contributed by atoms with Crippen molar-refractivity contribution >= 4 is 25.2 Å². The Kier molecular flexibility index (Phi) is 6.40. The largest absolute Gasteiger partial charge is 0.465 e. The number of aromatic nitrogens is 2. The standard InChI is InChI=1S/C24H28N4O4Si/c1-33(2,3)11-10-31-16-28-15-19(13-25)22-21(6-8-26-23(22)28)32-20-5-4-17-7-9-27(24(29)30)14-18(17)12-20/h4-6,8,12,15H,7,9-11,14,16H2,1-3H3,(H,29,30). The molecule has 0 unspecified atom stereocenters. The summed E-state index contributed by atoms with van der Waals surface area (Å²) in [7, 11) is -1.18. The Morgan fingerprint density at radius 1 is 1.27 bits per heavy atom. The smallest absolute Gasteiger partial charge is 0.407 e. The van der Waals surface area contributed by atoms with E-state index in [1.807, 2.05) is 22.8 Å². The SMILES string of the molecule is C[Si](C)(C)CCOCn1cc(C#N)c2c(Oc3ccc4c(c3)CN(C(=O)O)CC4)ccnc21. The summed E-state index contributed by atoms with van der Waals surface area (Å²) in [5.41, 5.74) is 3.16. The lowest BCUT2D eigenvalue weighted by Gasteiger charge is -2.26. The predicted octanol–water partition coefficient (Wildman–Crippen LogP) is 5.05. The summed E-state index contributed by atoms with van der Waals surface area (Å²) in [4.78, 5) is 17.2. The first kappa shape index (κ1) is 22.8. The van der Waals surface area contributed by atoms with Crippen LogP contribution in [0.4, 0.5) is 4.79 Å². The van der Waals surface area contributed by atoms with Gasteiger partial charge in [-0.2, -0.15) is 5.26 Å². The Balaban J connectivity index is 1.58. The second kappa shape index (κ2) is 9.25. The minimum atomic E-state index is -1.18. The monoisotopic (exact) mass is 464 g/mol. The Hall–Kier alpha value is -3.35. The van der Waals surface area contributed by atoms with Gasteiger partial charge in [0.25, 0.3) is 0 Å². The van der Waals surface area contributed by atoms with Crippen LogP contribution in [0.1, 0.15) is 16.7 Å². The molecule has 1 aromatic carbocycles. The zero-order valence-electron chi connectivity index (χ0n) is 19.2. The van der Waals surface area contributed by atoms with Crippen LogP contribution in [0.25, 0.3) is 11.0 Å². The van der Waals surface area contributed by atoms with E-state index in [1.54, 1.807) is 18.5 Å². The third-order valence-electron chi connectivity index (χ3n) is 5.75. The zero-order valence-corrected chi connectivity index (χ0v) is 20.2. The van der Waals surface area contributed by atoms with Crippen molar-refractivity contribution in [2.24, 2.45) is 0 Å². The van der Waals surface area contributed by atoms with Gasteiger partial charge in [-0.3, -0.25) is 0 Å². The molecule has 0 saturated heterocycles. The first-order valence-corrected chi connectivity index (χ1v) is 14.7. The molecule has 0 spiro atoms. The topological polar surface area (TPSA) is 101 Å². The zero-order chi connectivity index (χ0) is 23.6. The highest BCUT2D eigenvalue weighted by atomic mass is 28.3. The van der Waals surface area contributed by atoms with Crippen molar-refractivity contribution in [3.63, 3.8) is 0 Å². The number of fused-ring (bicyclic) bond motifs is 2. The molecule has 172 valence electrons. The van der Waals surface area contributed by atoms with Gasteiger partial charge >= 0.3 is 6.09 Å². The van der Waals surface area contributed by atoms with Crippen LogP contribution in [0.3, 0.4) is 0 Å². The van der Waals surface area contributed by atoms with Crippen LogP contribution in [-0.2, 0) is 24.4 Å². The van der Waals surface area contributed by atoms with E-state index in [0.29, 0.717) is 60.9 Å². The highest BCUT2D eigenvalue weighted by Gasteiger charge is 2.21. The molecule has 1 aliphatic heterocycles. The highest BCUT2D eigenvalue weighted by Crippen LogP contribution is 2.34. The van der Waals surface area contributed by atoms with E-state index >= 15 is 0 Å². The predicted molar refractivity (Wildman–Crippen MR) is 127 cm³/mol. The number of carboxylic acid groups (broad SMARTS) is 1. The van der Waals surface area contributed by atoms with E-state index in [9.17, 15) is 15.2 Å². The lowest BCUT2D eigenvalue weighted by Crippen LogP contribution is -2.34. The van der Waals surface area contributed by atoms with Gasteiger partial charge in [-0.1, -0.05) is 25.7 Å². The molecule has 3 heterocycles. The molecule has 3 aromatic rings. The third kappa shape index (κ3) is 5.18. The molecule has 0 atom stereocenters. The summed E-state index contributed by atoms with van der Waals surface area (Å²) in [5.74, 6) is 1.12. The van der Waals surface area contributed by atoms with E-state index in [0.717, 1.165) is 17.2 Å². The normalized spacial score (nSPS) is 13.6. The summed E-state index contributed by atoms with van der Waals surface area (Å²) in [6, 6.07) is 10.8. The molecule has 1 amide bonds. The summed E-state index contributed by atoms with van der Waals surface area (Å²) in [6.45, 7) is 8.74. The second-order valence-corrected chi connectivity index (χ2v) is 15.1. The van der Waals surface area contributed by atoms with Gasteiger partial charge in [0.1, 0.15) is 29.9 Å². The Morgan fingerprint density at radius 2 is 2.09 bits per heavy atom. The molecule has 8 nitrogen and oxygen atoms in total. The van der Waals surface area contributed by atoms with Crippen molar-refractivity contribution in [2.75, 3.05) is 13.2 Å². The lowest BCUT2D eigenvalue weighted by atomic mass is 10.00. The van der Waals surface area contributed by atoms with Crippen molar-refractivity contribution < 1.29 is 19.4 Å². The van der Waals surface area contributed by atoms with Gasteiger partial charge in [0, 0.05) is 40.2 Å². The molecule has 0 fully saturated rings. The molecule has 4 rings (SSSR count). The molecule has 1 aliphatic rings. The van der Waals surface area contributed by atoms with Crippen LogP contribution in [-0.4, -0.2) is 46.9 Å². The molecule has 2 aromatic heterocycles. The quantitative estimate of drug-likeness (QED) is 0.388. The third-order valence-corrected chi connectivity index (χ3v) is 7.46. The average Bonchev–Trinajstić information content (AvgIpc) is 3.14. The molecule has 0 saturated carbocycles. The number of rotatable bonds is 7. The summed E-state index contributed by atoms with van der Waals surface area (Å²) in [6.07, 6.45) is 3.16. The van der Waals surface area contributed by atoms with Crippen LogP contribution in [0.15, 0.2) is 36.7 Å². The van der Waals surface area contributed by atoms with Crippen LogP contribution < -0.4 is 4.74 Å². The fourth-order valence-electron chi connectivity index (χ4n) is 3.88. The van der Waals surface area contributed by atoms with E-state index in [1.165, 1.54) is 4.90 Å². The van der Waals surface area contributed by atoms with Gasteiger partial charge in [-0.05, 0) is 41.8 Å². The van der Waals surface area contributed by atoms with Gasteiger partial charge < -0.3 is 24.0 Å². The van der Waals surface area contributed by atoms with Crippen molar-refractivity contribution in [1.82, 2.24) is 14.5 Å². The fraction of sp³-hybridized carbons (Fsp3) is 0.375. The number of amides is 1. The van der Waals surface area contributed by atoms with Gasteiger partial charge in [0.2, 0.25) is 0 Å². The van der Waals surface area contributed by atoms with E-state index in [2.05, 4.69) is 30.7 Å². The number of nitriles is 1. The molecular weight excluding hydrogens is 436 g/mol. The van der Waals surface area contributed by atoms with Crippen LogP contribution in [0, 0.1) is 11.3 Å². The number of ether oxygens (including phenoxy) is 2. The highest BCUT2D eigenvalue weighted by molar-refractivity contribution is 6.76. The van der Waals surface area contributed by atoms with Gasteiger partial charge in [0.05, 0.1) is 10.9 Å². The van der Waals surface area contributed by atoms with E-state index in [4.69, 9.17) is 9.47 Å². The van der Waals surface area contributed by atoms with E-state index < -0.39 is 14.2 Å². The van der Waals surface area contributed by atoms with Gasteiger partial charge in [0.15, 0.2) is 0 Å². The maximum Gasteiger partial charge on any atom is 0.407 e. The number of pyridine rings is 1. The maximum atomic E-state index is 11.3. The molecule has 33 heavy (non-hydrogen) atoms. The van der Waals surface area contributed by atoms with Crippen molar-refractivity contribution in [1.29, 1.82) is 5.26 Å². The summed E-state index contributed by atoms with van der Waals surface area (Å²) < 4.78 is 13.9. The van der Waals surface area contributed by atoms with Crippen LogP contribution in [0.2, 0.25) is 25.7 Å². The maximum absolute atomic E-state index is 11.3. The number of carbonyl (C=O) groups is 1. The Morgan fingerprint density at radius 3 is 2.82 bits per heavy atom. The minimum Gasteiger partial charge on any atom is -0.465 e. The fourth-order valence-corrected chi connectivity index (χ4v) is 4.64. The molecule has 0 radical (unpaired) electrons. The Labute approximate surface area is 194 Å². The molecular formula is C24H28N4O4Si. The second-order valence-electron chi connectivity index (χ2n) is 9.47. The van der Waals surface area contributed by atoms with Gasteiger partial charge in [-0.25, -0.2) is 9.78 Å². The molecule has 0 aliphatic carbocycles. The summed E-state index contributed by atoms with van der Waals surface area (Å²) in [5, 5.41) is 19.7. The first-order chi connectivity index (χ1) is 15.7. The summed E-state index contributed by atoms with van der Waals surface area (Å²) >= 11 is 0. The van der Waals surface area contributed by atoms with Crippen molar-refractivity contribution in [2.45, 2.75) is 45.4 Å². The number of hydrogen-bond donors (Lipinski definition) is 1. The van der Waals surface area contributed by atoms with Crippen LogP contribution in [0.5, 0.6) is 11.5 Å². The molecule has 9 heteroatoms. The minimum absolute atomic E-state index is 0.322. The number of hydrogen-bond acceptors (Lipinski definition) is 5.